The number of aromatic nitrogens is 1. The Balaban J connectivity index is 2.13. The third kappa shape index (κ3) is 3.55. The van der Waals surface area contributed by atoms with Gasteiger partial charge in [-0.25, -0.2) is 0 Å². The van der Waals surface area contributed by atoms with Gasteiger partial charge in [-0.05, 0) is 48.9 Å². The van der Waals surface area contributed by atoms with Crippen LogP contribution in [0.5, 0.6) is 0 Å². The standard InChI is InChI=1S/C16H21N3/c1-3-19(12-14-7-9-18-10-8-14)13(2)15-5-4-6-16(17)11-15/h4-11,13H,3,12,17H2,1-2H3. The lowest BCUT2D eigenvalue weighted by Gasteiger charge is -2.28. The maximum absolute atomic E-state index is 5.86. The molecule has 0 amide bonds. The molecule has 0 saturated carbocycles. The molecule has 3 heteroatoms. The van der Waals surface area contributed by atoms with E-state index in [1.807, 2.05) is 24.5 Å². The molecule has 0 aliphatic rings. The molecule has 3 nitrogen and oxygen atoms in total. The number of benzene rings is 1. The molecule has 0 spiro atoms. The van der Waals surface area contributed by atoms with E-state index in [9.17, 15) is 0 Å². The molecule has 0 fully saturated rings. The number of hydrogen-bond acceptors (Lipinski definition) is 3. The minimum Gasteiger partial charge on any atom is -0.399 e. The van der Waals surface area contributed by atoms with E-state index in [1.54, 1.807) is 0 Å². The molecule has 1 aromatic heterocycles. The van der Waals surface area contributed by atoms with Crippen LogP contribution in [0.2, 0.25) is 0 Å². The predicted octanol–water partition coefficient (Wildman–Crippen LogP) is 3.25. The van der Waals surface area contributed by atoms with Gasteiger partial charge in [0.25, 0.3) is 0 Å². The highest BCUT2D eigenvalue weighted by Crippen LogP contribution is 2.23. The molecule has 1 atom stereocenters. The summed E-state index contributed by atoms with van der Waals surface area (Å²) in [4.78, 5) is 6.48. The van der Waals surface area contributed by atoms with Gasteiger partial charge < -0.3 is 5.73 Å². The van der Waals surface area contributed by atoms with E-state index in [0.29, 0.717) is 6.04 Å². The van der Waals surface area contributed by atoms with Crippen molar-refractivity contribution in [1.82, 2.24) is 9.88 Å². The highest BCUT2D eigenvalue weighted by molar-refractivity contribution is 5.41. The first-order chi connectivity index (χ1) is 9.20. The van der Waals surface area contributed by atoms with Crippen LogP contribution in [0.1, 0.15) is 31.0 Å². The van der Waals surface area contributed by atoms with Crippen LogP contribution >= 0.6 is 0 Å². The van der Waals surface area contributed by atoms with Crippen molar-refractivity contribution in [1.29, 1.82) is 0 Å². The first kappa shape index (κ1) is 13.6. The van der Waals surface area contributed by atoms with Crippen LogP contribution in [0.25, 0.3) is 0 Å². The minimum atomic E-state index is 0.349. The van der Waals surface area contributed by atoms with Gasteiger partial charge in [0, 0.05) is 30.7 Å². The van der Waals surface area contributed by atoms with Crippen LogP contribution in [0.4, 0.5) is 5.69 Å². The first-order valence-electron chi connectivity index (χ1n) is 6.69. The van der Waals surface area contributed by atoms with Crippen molar-refractivity contribution >= 4 is 5.69 Å². The SMILES string of the molecule is CCN(Cc1ccncc1)C(C)c1cccc(N)c1. The molecule has 1 unspecified atom stereocenters. The molecule has 0 aliphatic carbocycles. The molecule has 2 aromatic rings. The maximum Gasteiger partial charge on any atom is 0.0324 e. The normalized spacial score (nSPS) is 12.6. The smallest absolute Gasteiger partial charge is 0.0324 e. The summed E-state index contributed by atoms with van der Waals surface area (Å²) < 4.78 is 0. The van der Waals surface area contributed by atoms with Crippen molar-refractivity contribution in [3.8, 4) is 0 Å². The van der Waals surface area contributed by atoms with Crippen LogP contribution < -0.4 is 5.73 Å². The Bertz CT molecular complexity index is 510. The Morgan fingerprint density at radius 1 is 1.21 bits per heavy atom. The van der Waals surface area contributed by atoms with E-state index >= 15 is 0 Å². The number of hydrogen-bond donors (Lipinski definition) is 1. The Labute approximate surface area is 115 Å². The average Bonchev–Trinajstić information content (AvgIpc) is 2.45. The molecule has 1 aromatic carbocycles. The van der Waals surface area contributed by atoms with E-state index in [1.165, 1.54) is 11.1 Å². The topological polar surface area (TPSA) is 42.2 Å². The van der Waals surface area contributed by atoms with Crippen LogP contribution in [-0.4, -0.2) is 16.4 Å². The van der Waals surface area contributed by atoms with Crippen LogP contribution in [0, 0.1) is 0 Å². The largest absolute Gasteiger partial charge is 0.399 e. The van der Waals surface area contributed by atoms with Gasteiger partial charge in [-0.2, -0.15) is 0 Å². The molecule has 2 rings (SSSR count). The summed E-state index contributed by atoms with van der Waals surface area (Å²) in [6, 6.07) is 12.6. The number of nitrogen functional groups attached to an aromatic ring is 1. The fourth-order valence-corrected chi connectivity index (χ4v) is 2.27. The quantitative estimate of drug-likeness (QED) is 0.834. The molecule has 100 valence electrons. The summed E-state index contributed by atoms with van der Waals surface area (Å²) >= 11 is 0. The van der Waals surface area contributed by atoms with Crippen LogP contribution in [0.3, 0.4) is 0 Å². The monoisotopic (exact) mass is 255 g/mol. The van der Waals surface area contributed by atoms with Crippen LogP contribution in [-0.2, 0) is 6.54 Å². The van der Waals surface area contributed by atoms with Gasteiger partial charge in [0.05, 0.1) is 0 Å². The van der Waals surface area contributed by atoms with Crippen molar-refractivity contribution < 1.29 is 0 Å². The summed E-state index contributed by atoms with van der Waals surface area (Å²) in [6.07, 6.45) is 3.68. The summed E-state index contributed by atoms with van der Waals surface area (Å²) in [6.45, 7) is 6.33. The van der Waals surface area contributed by atoms with Gasteiger partial charge in [-0.3, -0.25) is 9.88 Å². The summed E-state index contributed by atoms with van der Waals surface area (Å²) in [5.41, 5.74) is 9.23. The predicted molar refractivity (Wildman–Crippen MR) is 79.6 cm³/mol. The number of nitrogens with two attached hydrogens (primary N) is 1. The molecule has 0 saturated heterocycles. The molecule has 1 heterocycles. The number of rotatable bonds is 5. The molecule has 2 N–H and O–H groups in total. The average molecular weight is 255 g/mol. The lowest BCUT2D eigenvalue weighted by molar-refractivity contribution is 0.213. The van der Waals surface area contributed by atoms with Crippen molar-refractivity contribution in [3.63, 3.8) is 0 Å². The maximum atomic E-state index is 5.86. The van der Waals surface area contributed by atoms with Gasteiger partial charge in [0.15, 0.2) is 0 Å². The lowest BCUT2D eigenvalue weighted by atomic mass is 10.1. The summed E-state index contributed by atoms with van der Waals surface area (Å²) in [5, 5.41) is 0. The van der Waals surface area contributed by atoms with Crippen molar-refractivity contribution in [3.05, 3.63) is 59.9 Å². The Hall–Kier alpha value is -1.87. The minimum absolute atomic E-state index is 0.349. The van der Waals surface area contributed by atoms with Gasteiger partial charge in [-0.1, -0.05) is 19.1 Å². The Morgan fingerprint density at radius 3 is 2.58 bits per heavy atom. The number of pyridine rings is 1. The molecular weight excluding hydrogens is 234 g/mol. The van der Waals surface area contributed by atoms with Gasteiger partial charge >= 0.3 is 0 Å². The fourth-order valence-electron chi connectivity index (χ4n) is 2.27. The second-order valence-electron chi connectivity index (χ2n) is 4.76. The zero-order valence-corrected chi connectivity index (χ0v) is 11.6. The molecule has 0 radical (unpaired) electrons. The van der Waals surface area contributed by atoms with Crippen molar-refractivity contribution in [2.75, 3.05) is 12.3 Å². The summed E-state index contributed by atoms with van der Waals surface area (Å²) in [7, 11) is 0. The second kappa shape index (κ2) is 6.34. The first-order valence-corrected chi connectivity index (χ1v) is 6.69. The zero-order chi connectivity index (χ0) is 13.7. The van der Waals surface area contributed by atoms with Gasteiger partial charge in [-0.15, -0.1) is 0 Å². The van der Waals surface area contributed by atoms with E-state index < -0.39 is 0 Å². The number of nitrogens with zero attached hydrogens (tertiary/aromatic N) is 2. The zero-order valence-electron chi connectivity index (χ0n) is 11.6. The molecule has 19 heavy (non-hydrogen) atoms. The highest BCUT2D eigenvalue weighted by atomic mass is 15.1. The van der Waals surface area contributed by atoms with Crippen molar-refractivity contribution in [2.45, 2.75) is 26.4 Å². The molecular formula is C16H21N3. The van der Waals surface area contributed by atoms with Crippen molar-refractivity contribution in [2.24, 2.45) is 0 Å². The lowest BCUT2D eigenvalue weighted by Crippen LogP contribution is -2.26. The summed E-state index contributed by atoms with van der Waals surface area (Å²) in [5.74, 6) is 0. The Kier molecular flexibility index (Phi) is 4.53. The molecule has 0 bridgehead atoms. The second-order valence-corrected chi connectivity index (χ2v) is 4.76. The highest BCUT2D eigenvalue weighted by Gasteiger charge is 2.14. The van der Waals surface area contributed by atoms with E-state index in [0.717, 1.165) is 18.8 Å². The molecule has 0 aliphatic heterocycles. The third-order valence-corrected chi connectivity index (χ3v) is 3.48. The van der Waals surface area contributed by atoms with E-state index in [-0.39, 0.29) is 0 Å². The number of anilines is 1. The van der Waals surface area contributed by atoms with E-state index in [2.05, 4.69) is 48.0 Å². The fraction of sp³-hybridized carbons (Fsp3) is 0.312. The Morgan fingerprint density at radius 2 is 1.95 bits per heavy atom. The van der Waals surface area contributed by atoms with Crippen LogP contribution in [0.15, 0.2) is 48.8 Å². The third-order valence-electron chi connectivity index (χ3n) is 3.48. The van der Waals surface area contributed by atoms with Gasteiger partial charge in [0.2, 0.25) is 0 Å². The van der Waals surface area contributed by atoms with Gasteiger partial charge in [0.1, 0.15) is 0 Å². The van der Waals surface area contributed by atoms with E-state index in [4.69, 9.17) is 5.73 Å².